The Hall–Kier alpha value is -1.77. The summed E-state index contributed by atoms with van der Waals surface area (Å²) in [5.74, 6) is 0.728. The van der Waals surface area contributed by atoms with E-state index in [1.54, 1.807) is 11.3 Å². The van der Waals surface area contributed by atoms with Gasteiger partial charge in [0.15, 0.2) is 0 Å². The van der Waals surface area contributed by atoms with Crippen LogP contribution in [-0.4, -0.2) is 51.0 Å². The van der Waals surface area contributed by atoms with Crippen LogP contribution < -0.4 is 10.9 Å². The van der Waals surface area contributed by atoms with Crippen LogP contribution in [0.2, 0.25) is 0 Å². The van der Waals surface area contributed by atoms with E-state index in [1.165, 1.54) is 12.8 Å². The molecule has 8 heteroatoms. The van der Waals surface area contributed by atoms with E-state index in [-0.39, 0.29) is 11.9 Å². The number of fused-ring (bicyclic) bond motifs is 1. The Labute approximate surface area is 156 Å². The first-order valence-corrected chi connectivity index (χ1v) is 10.5. The average Bonchev–Trinajstić information content (AvgIpc) is 3.45. The Balaban J connectivity index is 1.20. The third-order valence-corrected chi connectivity index (χ3v) is 6.85. The van der Waals surface area contributed by atoms with E-state index in [2.05, 4.69) is 38.0 Å². The summed E-state index contributed by atoms with van der Waals surface area (Å²) in [6, 6.07) is 2.83. The summed E-state index contributed by atoms with van der Waals surface area (Å²) in [5, 5.41) is 12.8. The van der Waals surface area contributed by atoms with Gasteiger partial charge in [0.25, 0.3) is 0 Å². The van der Waals surface area contributed by atoms with Gasteiger partial charge in [-0.1, -0.05) is 11.6 Å². The normalized spacial score (nSPS) is 29.2. The molecule has 4 heterocycles. The SMILES string of the molecule is O=C(C1NNC2CCCC21)N1CCC(n2cc(-c3ccsc3)nn2)CC1. The fraction of sp³-hybridized carbons (Fsp3) is 0.611. The van der Waals surface area contributed by atoms with E-state index in [1.807, 2.05) is 15.8 Å². The van der Waals surface area contributed by atoms with Gasteiger partial charge in [0.05, 0.1) is 12.2 Å². The van der Waals surface area contributed by atoms with E-state index in [0.29, 0.717) is 18.0 Å². The molecule has 0 aromatic carbocycles. The standard InChI is InChI=1S/C18H24N6OS/c25-18(17-14-2-1-3-15(14)19-21-17)23-7-4-13(5-8-23)24-10-16(20-22-24)12-6-9-26-11-12/h6,9-11,13-15,17,19,21H,1-5,7-8H2. The molecule has 7 nitrogen and oxygen atoms in total. The number of hydrazine groups is 1. The van der Waals surface area contributed by atoms with Crippen LogP contribution in [0.25, 0.3) is 11.3 Å². The van der Waals surface area contributed by atoms with Crippen molar-refractivity contribution in [1.29, 1.82) is 0 Å². The van der Waals surface area contributed by atoms with E-state index in [9.17, 15) is 4.79 Å². The van der Waals surface area contributed by atoms with Crippen molar-refractivity contribution in [2.45, 2.75) is 50.2 Å². The second-order valence-electron chi connectivity index (χ2n) is 7.62. The van der Waals surface area contributed by atoms with Crippen LogP contribution in [0.3, 0.4) is 0 Å². The van der Waals surface area contributed by atoms with Crippen molar-refractivity contribution in [3.8, 4) is 11.3 Å². The molecule has 3 fully saturated rings. The van der Waals surface area contributed by atoms with Gasteiger partial charge in [0.1, 0.15) is 11.7 Å². The van der Waals surface area contributed by atoms with Gasteiger partial charge in [0.2, 0.25) is 5.91 Å². The first-order valence-electron chi connectivity index (χ1n) is 9.54. The lowest BCUT2D eigenvalue weighted by atomic mass is 9.95. The van der Waals surface area contributed by atoms with Crippen LogP contribution in [0.15, 0.2) is 23.0 Å². The van der Waals surface area contributed by atoms with E-state index >= 15 is 0 Å². The molecule has 26 heavy (non-hydrogen) atoms. The molecular formula is C18H24N6OS. The van der Waals surface area contributed by atoms with Crippen molar-refractivity contribution in [2.24, 2.45) is 5.92 Å². The van der Waals surface area contributed by atoms with Crippen LogP contribution in [0, 0.1) is 5.92 Å². The number of piperidine rings is 1. The van der Waals surface area contributed by atoms with Crippen molar-refractivity contribution in [3.05, 3.63) is 23.0 Å². The molecular weight excluding hydrogens is 348 g/mol. The first-order chi connectivity index (χ1) is 12.8. The van der Waals surface area contributed by atoms with Crippen molar-refractivity contribution < 1.29 is 4.79 Å². The Morgan fingerprint density at radius 1 is 1.19 bits per heavy atom. The number of likely N-dealkylation sites (tertiary alicyclic amines) is 1. The minimum Gasteiger partial charge on any atom is -0.341 e. The maximum atomic E-state index is 12.9. The van der Waals surface area contributed by atoms with Crippen LogP contribution in [0.5, 0.6) is 0 Å². The third-order valence-electron chi connectivity index (χ3n) is 6.17. The fourth-order valence-electron chi connectivity index (χ4n) is 4.66. The highest BCUT2D eigenvalue weighted by atomic mass is 32.1. The van der Waals surface area contributed by atoms with E-state index < -0.39 is 0 Å². The Morgan fingerprint density at radius 2 is 2.08 bits per heavy atom. The molecule has 2 aromatic heterocycles. The number of hydrogen-bond donors (Lipinski definition) is 2. The van der Waals surface area contributed by atoms with Gasteiger partial charge in [-0.05, 0) is 37.1 Å². The van der Waals surface area contributed by atoms with Gasteiger partial charge < -0.3 is 4.90 Å². The predicted octanol–water partition coefficient (Wildman–Crippen LogP) is 1.82. The van der Waals surface area contributed by atoms with Crippen LogP contribution in [0.4, 0.5) is 0 Å². The quantitative estimate of drug-likeness (QED) is 0.860. The summed E-state index contributed by atoms with van der Waals surface area (Å²) in [6.45, 7) is 1.60. The summed E-state index contributed by atoms with van der Waals surface area (Å²) in [4.78, 5) is 15.0. The van der Waals surface area contributed by atoms with Crippen molar-refractivity contribution in [2.75, 3.05) is 13.1 Å². The third kappa shape index (κ3) is 2.86. The first kappa shape index (κ1) is 16.4. The Kier molecular flexibility index (Phi) is 4.26. The molecule has 2 N–H and O–H groups in total. The van der Waals surface area contributed by atoms with Crippen molar-refractivity contribution >= 4 is 17.2 Å². The number of nitrogens with one attached hydrogen (secondary N) is 2. The minimum absolute atomic E-state index is 0.0457. The predicted molar refractivity (Wildman–Crippen MR) is 99.4 cm³/mol. The van der Waals surface area contributed by atoms with Crippen LogP contribution in [0.1, 0.15) is 38.1 Å². The number of rotatable bonds is 3. The largest absolute Gasteiger partial charge is 0.341 e. The molecule has 2 aromatic rings. The average molecular weight is 372 g/mol. The lowest BCUT2D eigenvalue weighted by Crippen LogP contribution is -2.50. The highest BCUT2D eigenvalue weighted by Gasteiger charge is 2.44. The van der Waals surface area contributed by atoms with E-state index in [0.717, 1.165) is 43.6 Å². The highest BCUT2D eigenvalue weighted by Crippen LogP contribution is 2.33. The molecule has 3 aliphatic rings. The van der Waals surface area contributed by atoms with Crippen molar-refractivity contribution in [3.63, 3.8) is 0 Å². The van der Waals surface area contributed by atoms with Gasteiger partial charge >= 0.3 is 0 Å². The maximum absolute atomic E-state index is 12.9. The van der Waals surface area contributed by atoms with Gasteiger partial charge in [-0.3, -0.25) is 10.2 Å². The number of carbonyl (C=O) groups excluding carboxylic acids is 1. The molecule has 3 unspecified atom stereocenters. The molecule has 2 aliphatic heterocycles. The molecule has 1 saturated carbocycles. The zero-order valence-corrected chi connectivity index (χ0v) is 15.5. The summed E-state index contributed by atoms with van der Waals surface area (Å²) in [5.41, 5.74) is 8.62. The highest BCUT2D eigenvalue weighted by molar-refractivity contribution is 7.08. The lowest BCUT2D eigenvalue weighted by Gasteiger charge is -2.34. The zero-order valence-electron chi connectivity index (χ0n) is 14.7. The van der Waals surface area contributed by atoms with Gasteiger partial charge in [0, 0.05) is 36.0 Å². The van der Waals surface area contributed by atoms with Crippen LogP contribution in [-0.2, 0) is 4.79 Å². The Morgan fingerprint density at radius 3 is 2.88 bits per heavy atom. The molecule has 2 saturated heterocycles. The molecule has 1 amide bonds. The van der Waals surface area contributed by atoms with Crippen LogP contribution >= 0.6 is 11.3 Å². The fourth-order valence-corrected chi connectivity index (χ4v) is 5.31. The van der Waals surface area contributed by atoms with Gasteiger partial charge in [-0.2, -0.15) is 11.3 Å². The molecule has 0 bridgehead atoms. The minimum atomic E-state index is -0.0457. The topological polar surface area (TPSA) is 75.1 Å². The van der Waals surface area contributed by atoms with Gasteiger partial charge in [-0.15, -0.1) is 5.10 Å². The summed E-state index contributed by atoms with van der Waals surface area (Å²) in [6.07, 6.45) is 7.48. The monoisotopic (exact) mass is 372 g/mol. The maximum Gasteiger partial charge on any atom is 0.241 e. The smallest absolute Gasteiger partial charge is 0.241 e. The zero-order chi connectivity index (χ0) is 17.5. The summed E-state index contributed by atoms with van der Waals surface area (Å²) >= 11 is 1.67. The molecule has 5 rings (SSSR count). The second-order valence-corrected chi connectivity index (χ2v) is 8.40. The number of hydrogen-bond acceptors (Lipinski definition) is 6. The number of aromatic nitrogens is 3. The molecule has 138 valence electrons. The number of thiophene rings is 1. The molecule has 0 radical (unpaired) electrons. The molecule has 1 aliphatic carbocycles. The number of nitrogens with zero attached hydrogens (tertiary/aromatic N) is 4. The summed E-state index contributed by atoms with van der Waals surface area (Å²) in [7, 11) is 0. The molecule has 3 atom stereocenters. The number of carbonyl (C=O) groups is 1. The number of amides is 1. The summed E-state index contributed by atoms with van der Waals surface area (Å²) < 4.78 is 1.98. The second kappa shape index (κ2) is 6.75. The van der Waals surface area contributed by atoms with Crippen molar-refractivity contribution in [1.82, 2.24) is 30.7 Å². The lowest BCUT2D eigenvalue weighted by molar-refractivity contribution is -0.135. The molecule has 0 spiro atoms. The van der Waals surface area contributed by atoms with Gasteiger partial charge in [-0.25, -0.2) is 10.1 Å². The Bertz CT molecular complexity index is 767. The van der Waals surface area contributed by atoms with E-state index in [4.69, 9.17) is 0 Å².